The van der Waals surface area contributed by atoms with Gasteiger partial charge in [-0.25, -0.2) is 17.9 Å². The molecule has 1 saturated carbocycles. The highest BCUT2D eigenvalue weighted by Gasteiger charge is 2.17. The first-order valence-electron chi connectivity index (χ1n) is 8.72. The van der Waals surface area contributed by atoms with Crippen LogP contribution in [0.5, 0.6) is 0 Å². The molecule has 0 spiro atoms. The zero-order valence-electron chi connectivity index (χ0n) is 14.4. The van der Waals surface area contributed by atoms with Gasteiger partial charge in [-0.15, -0.1) is 0 Å². The number of hydrogen-bond acceptors (Lipinski definition) is 4. The fourth-order valence-electron chi connectivity index (χ4n) is 2.98. The molecule has 1 aromatic carbocycles. The van der Waals surface area contributed by atoms with Crippen molar-refractivity contribution in [2.24, 2.45) is 0 Å². The molecule has 3 rings (SSSR count). The summed E-state index contributed by atoms with van der Waals surface area (Å²) in [7, 11) is -3.64. The Kier molecular flexibility index (Phi) is 5.95. The summed E-state index contributed by atoms with van der Waals surface area (Å²) < 4.78 is 32.1. The monoisotopic (exact) mass is 377 g/mol. The third-order valence-electron chi connectivity index (χ3n) is 4.38. The van der Waals surface area contributed by atoms with E-state index in [2.05, 4.69) is 15.4 Å². The third-order valence-corrected chi connectivity index (χ3v) is 5.80. The van der Waals surface area contributed by atoms with Crippen molar-refractivity contribution in [1.82, 2.24) is 10.0 Å². The Balaban J connectivity index is 1.54. The van der Waals surface area contributed by atoms with Crippen LogP contribution in [0.2, 0.25) is 0 Å². The first kappa shape index (κ1) is 18.5. The highest BCUT2D eigenvalue weighted by Crippen LogP contribution is 2.18. The van der Waals surface area contributed by atoms with E-state index in [4.69, 9.17) is 4.42 Å². The van der Waals surface area contributed by atoms with Gasteiger partial charge in [0, 0.05) is 11.7 Å². The van der Waals surface area contributed by atoms with Gasteiger partial charge < -0.3 is 15.1 Å². The Bertz CT molecular complexity index is 811. The van der Waals surface area contributed by atoms with Crippen LogP contribution >= 0.6 is 0 Å². The predicted molar refractivity (Wildman–Crippen MR) is 98.2 cm³/mol. The Morgan fingerprint density at radius 3 is 2.46 bits per heavy atom. The van der Waals surface area contributed by atoms with E-state index in [1.54, 1.807) is 24.3 Å². The quantitative estimate of drug-likeness (QED) is 0.719. The van der Waals surface area contributed by atoms with Gasteiger partial charge in [0.25, 0.3) is 0 Å². The van der Waals surface area contributed by atoms with Crippen molar-refractivity contribution in [2.75, 3.05) is 5.32 Å². The lowest BCUT2D eigenvalue weighted by Crippen LogP contribution is -2.39. The van der Waals surface area contributed by atoms with Crippen molar-refractivity contribution in [3.05, 3.63) is 48.4 Å². The maximum atomic E-state index is 12.3. The minimum atomic E-state index is -3.64. The summed E-state index contributed by atoms with van der Waals surface area (Å²) in [6.07, 6.45) is 7.01. The summed E-state index contributed by atoms with van der Waals surface area (Å²) in [5.41, 5.74) is 0.545. The van der Waals surface area contributed by atoms with Gasteiger partial charge in [-0.3, -0.25) is 0 Å². The zero-order valence-corrected chi connectivity index (χ0v) is 15.2. The lowest BCUT2D eigenvalue weighted by Gasteiger charge is -2.22. The fraction of sp³-hybridized carbons (Fsp3) is 0.389. The molecule has 0 aliphatic heterocycles. The molecule has 8 heteroatoms. The molecular weight excluding hydrogens is 354 g/mol. The largest absolute Gasteiger partial charge is 0.468 e. The molecule has 0 unspecified atom stereocenters. The maximum Gasteiger partial charge on any atom is 0.319 e. The molecule has 0 atom stereocenters. The normalized spacial score (nSPS) is 15.5. The molecule has 0 saturated heterocycles. The van der Waals surface area contributed by atoms with Crippen molar-refractivity contribution >= 4 is 21.7 Å². The Morgan fingerprint density at radius 2 is 1.81 bits per heavy atom. The minimum absolute atomic E-state index is 0.0825. The summed E-state index contributed by atoms with van der Waals surface area (Å²) in [5, 5.41) is 5.70. The van der Waals surface area contributed by atoms with Crippen LogP contribution in [0.3, 0.4) is 0 Å². The van der Waals surface area contributed by atoms with Crippen molar-refractivity contribution in [2.45, 2.75) is 49.6 Å². The predicted octanol–water partition coefficient (Wildman–Crippen LogP) is 3.21. The summed E-state index contributed by atoms with van der Waals surface area (Å²) in [5.74, 6) is 0.534. The van der Waals surface area contributed by atoms with Gasteiger partial charge in [0.15, 0.2) is 0 Å². The smallest absolute Gasteiger partial charge is 0.319 e. The number of carbonyl (C=O) groups excluding carboxylic acids is 1. The minimum Gasteiger partial charge on any atom is -0.468 e. The average Bonchev–Trinajstić information content (AvgIpc) is 3.15. The highest BCUT2D eigenvalue weighted by atomic mass is 32.2. The van der Waals surface area contributed by atoms with Crippen molar-refractivity contribution < 1.29 is 17.6 Å². The lowest BCUT2D eigenvalue weighted by molar-refractivity contribution is 0.244. The molecular formula is C18H23N3O4S. The highest BCUT2D eigenvalue weighted by molar-refractivity contribution is 7.89. The summed E-state index contributed by atoms with van der Waals surface area (Å²) >= 11 is 0. The molecule has 1 heterocycles. The first-order valence-corrected chi connectivity index (χ1v) is 10.2. The number of furan rings is 1. The van der Waals surface area contributed by atoms with E-state index in [-0.39, 0.29) is 23.5 Å². The van der Waals surface area contributed by atoms with Gasteiger partial charge in [-0.1, -0.05) is 19.3 Å². The van der Waals surface area contributed by atoms with Crippen LogP contribution in [0.1, 0.15) is 37.9 Å². The van der Waals surface area contributed by atoms with Crippen LogP contribution in [0, 0.1) is 0 Å². The maximum absolute atomic E-state index is 12.3. The lowest BCUT2D eigenvalue weighted by atomic mass is 9.96. The average molecular weight is 377 g/mol. The number of anilines is 1. The van der Waals surface area contributed by atoms with E-state index < -0.39 is 10.0 Å². The van der Waals surface area contributed by atoms with Gasteiger partial charge in [0.2, 0.25) is 10.0 Å². The molecule has 26 heavy (non-hydrogen) atoms. The second kappa shape index (κ2) is 8.37. The number of rotatable bonds is 6. The molecule has 140 valence electrons. The summed E-state index contributed by atoms with van der Waals surface area (Å²) in [6.45, 7) is 0.0825. The van der Waals surface area contributed by atoms with Gasteiger partial charge >= 0.3 is 6.03 Å². The van der Waals surface area contributed by atoms with E-state index in [1.165, 1.54) is 24.8 Å². The molecule has 2 aromatic rings. The summed E-state index contributed by atoms with van der Waals surface area (Å²) in [4.78, 5) is 12.2. The Morgan fingerprint density at radius 1 is 1.08 bits per heavy atom. The molecule has 1 aliphatic rings. The van der Waals surface area contributed by atoms with Gasteiger partial charge in [-0.05, 0) is 49.2 Å². The van der Waals surface area contributed by atoms with Crippen LogP contribution < -0.4 is 15.4 Å². The SMILES string of the molecule is O=C(Nc1ccc(S(=O)(=O)NCc2ccco2)cc1)NC1CCCCC1. The molecule has 0 bridgehead atoms. The second-order valence-corrected chi connectivity index (χ2v) is 8.13. The zero-order chi connectivity index (χ0) is 18.4. The van der Waals surface area contributed by atoms with Crippen LogP contribution in [0.25, 0.3) is 0 Å². The molecule has 1 fully saturated rings. The van der Waals surface area contributed by atoms with E-state index in [9.17, 15) is 13.2 Å². The molecule has 0 radical (unpaired) electrons. The van der Waals surface area contributed by atoms with Crippen molar-refractivity contribution in [1.29, 1.82) is 0 Å². The number of urea groups is 1. The summed E-state index contributed by atoms with van der Waals surface area (Å²) in [6, 6.07) is 9.41. The van der Waals surface area contributed by atoms with Crippen LogP contribution in [-0.2, 0) is 16.6 Å². The molecule has 1 aromatic heterocycles. The second-order valence-electron chi connectivity index (χ2n) is 6.36. The number of carbonyl (C=O) groups is 1. The Hall–Kier alpha value is -2.32. The van der Waals surface area contributed by atoms with Gasteiger partial charge in [-0.2, -0.15) is 0 Å². The number of benzene rings is 1. The number of hydrogen-bond donors (Lipinski definition) is 3. The standard InChI is InChI=1S/C18H23N3O4S/c22-18(20-14-5-2-1-3-6-14)21-15-8-10-17(11-9-15)26(23,24)19-13-16-7-4-12-25-16/h4,7-12,14,19H,1-3,5-6,13H2,(H2,20,21,22). The molecule has 1 aliphatic carbocycles. The third kappa shape index (κ3) is 5.09. The van der Waals surface area contributed by atoms with Gasteiger partial charge in [0.1, 0.15) is 5.76 Å². The van der Waals surface area contributed by atoms with E-state index in [1.807, 2.05) is 0 Å². The Labute approximate surface area is 153 Å². The molecule has 2 amide bonds. The van der Waals surface area contributed by atoms with Crippen LogP contribution in [-0.4, -0.2) is 20.5 Å². The van der Waals surface area contributed by atoms with E-state index >= 15 is 0 Å². The van der Waals surface area contributed by atoms with Crippen molar-refractivity contribution in [3.63, 3.8) is 0 Å². The number of nitrogens with one attached hydrogen (secondary N) is 3. The number of amides is 2. The van der Waals surface area contributed by atoms with Crippen molar-refractivity contribution in [3.8, 4) is 0 Å². The van der Waals surface area contributed by atoms with E-state index in [0.717, 1.165) is 25.7 Å². The fourth-order valence-corrected chi connectivity index (χ4v) is 3.97. The van der Waals surface area contributed by atoms with Crippen LogP contribution in [0.4, 0.5) is 10.5 Å². The topological polar surface area (TPSA) is 100 Å². The van der Waals surface area contributed by atoms with E-state index in [0.29, 0.717) is 11.4 Å². The van der Waals surface area contributed by atoms with Gasteiger partial charge in [0.05, 0.1) is 17.7 Å². The number of sulfonamides is 1. The first-order chi connectivity index (χ1) is 12.5. The molecule has 3 N–H and O–H groups in total. The molecule has 7 nitrogen and oxygen atoms in total. The van der Waals surface area contributed by atoms with Crippen LogP contribution in [0.15, 0.2) is 52.0 Å².